The summed E-state index contributed by atoms with van der Waals surface area (Å²) in [7, 11) is 0. The van der Waals surface area contributed by atoms with Gasteiger partial charge in [-0.15, -0.1) is 0 Å². The number of hydrogen-bond donors (Lipinski definition) is 0. The Morgan fingerprint density at radius 1 is 1.03 bits per heavy atom. The largest absolute Gasteiger partial charge is 0.334 e. The van der Waals surface area contributed by atoms with Crippen molar-refractivity contribution in [3.63, 3.8) is 0 Å². The number of benzene rings is 2. The van der Waals surface area contributed by atoms with Crippen molar-refractivity contribution in [1.82, 2.24) is 9.88 Å². The van der Waals surface area contributed by atoms with Gasteiger partial charge in [0.1, 0.15) is 5.82 Å². The van der Waals surface area contributed by atoms with E-state index in [1.165, 1.54) is 12.1 Å². The number of aromatic nitrogens is 1. The zero-order valence-corrected chi connectivity index (χ0v) is 16.8. The Kier molecular flexibility index (Phi) is 5.91. The molecule has 3 nitrogen and oxygen atoms in total. The number of nitrogens with zero attached hydrogens (tertiary/aromatic N) is 2. The fourth-order valence-electron chi connectivity index (χ4n) is 3.84. The molecule has 4 rings (SSSR count). The third-order valence-corrected chi connectivity index (χ3v) is 5.56. The van der Waals surface area contributed by atoms with E-state index in [2.05, 4.69) is 0 Å². The van der Waals surface area contributed by atoms with Crippen LogP contribution in [-0.2, 0) is 17.6 Å². The Morgan fingerprint density at radius 3 is 2.52 bits per heavy atom. The molecule has 2 aromatic carbocycles. The summed E-state index contributed by atoms with van der Waals surface area (Å²) in [6, 6.07) is 19.9. The number of amides is 1. The van der Waals surface area contributed by atoms with Crippen LogP contribution < -0.4 is 0 Å². The summed E-state index contributed by atoms with van der Waals surface area (Å²) in [5, 5.41) is 0.719. The molecule has 1 amide bonds. The first-order chi connectivity index (χ1) is 14.1. The minimum Gasteiger partial charge on any atom is -0.334 e. The standard InChI is InChI=1S/C24H22ClFN2O/c25-19-10-6-17(7-11-19)15-21-3-1-4-22(27-21)23-5-2-14-28(23)24(29)16-18-8-12-20(26)13-9-18/h1,3-4,6-13,23H,2,5,14-16H2. The minimum absolute atomic E-state index is 0.00637. The van der Waals surface area contributed by atoms with Crippen LogP contribution in [0.15, 0.2) is 66.7 Å². The van der Waals surface area contributed by atoms with Crippen LogP contribution >= 0.6 is 11.6 Å². The zero-order valence-electron chi connectivity index (χ0n) is 16.0. The van der Waals surface area contributed by atoms with Crippen molar-refractivity contribution in [2.24, 2.45) is 0 Å². The first-order valence-corrected chi connectivity index (χ1v) is 10.2. The number of carbonyl (C=O) groups excluding carboxylic acids is 1. The van der Waals surface area contributed by atoms with Crippen LogP contribution in [0.25, 0.3) is 0 Å². The number of likely N-dealkylation sites (tertiary alicyclic amines) is 1. The maximum Gasteiger partial charge on any atom is 0.227 e. The predicted octanol–water partition coefficient (Wildman–Crippen LogP) is 5.37. The van der Waals surface area contributed by atoms with E-state index < -0.39 is 0 Å². The Morgan fingerprint density at radius 2 is 1.76 bits per heavy atom. The molecule has 0 spiro atoms. The van der Waals surface area contributed by atoms with Crippen molar-refractivity contribution in [2.75, 3.05) is 6.54 Å². The van der Waals surface area contributed by atoms with Crippen molar-refractivity contribution in [1.29, 1.82) is 0 Å². The summed E-state index contributed by atoms with van der Waals surface area (Å²) in [6.07, 6.45) is 2.87. The molecule has 0 bridgehead atoms. The molecular weight excluding hydrogens is 387 g/mol. The topological polar surface area (TPSA) is 33.2 Å². The molecule has 1 fully saturated rings. The summed E-state index contributed by atoms with van der Waals surface area (Å²) in [4.78, 5) is 19.6. The van der Waals surface area contributed by atoms with E-state index in [-0.39, 0.29) is 24.2 Å². The lowest BCUT2D eigenvalue weighted by molar-refractivity contribution is -0.131. The van der Waals surface area contributed by atoms with Gasteiger partial charge in [-0.3, -0.25) is 9.78 Å². The minimum atomic E-state index is -0.290. The van der Waals surface area contributed by atoms with Gasteiger partial charge in [-0.2, -0.15) is 0 Å². The van der Waals surface area contributed by atoms with E-state index in [4.69, 9.17) is 16.6 Å². The second-order valence-corrected chi connectivity index (χ2v) is 7.84. The molecule has 0 radical (unpaired) electrons. The highest BCUT2D eigenvalue weighted by molar-refractivity contribution is 6.30. The van der Waals surface area contributed by atoms with E-state index in [1.54, 1.807) is 12.1 Å². The van der Waals surface area contributed by atoms with E-state index >= 15 is 0 Å². The van der Waals surface area contributed by atoms with Gasteiger partial charge in [0.15, 0.2) is 0 Å². The normalized spacial score (nSPS) is 16.2. The van der Waals surface area contributed by atoms with E-state index in [0.717, 1.165) is 53.3 Å². The van der Waals surface area contributed by atoms with Crippen LogP contribution in [-0.4, -0.2) is 22.3 Å². The van der Waals surface area contributed by atoms with Gasteiger partial charge in [0.25, 0.3) is 0 Å². The molecule has 0 saturated carbocycles. The highest BCUT2D eigenvalue weighted by Gasteiger charge is 2.30. The SMILES string of the molecule is O=C(Cc1ccc(F)cc1)N1CCCC1c1cccc(Cc2ccc(Cl)cc2)n1. The molecule has 5 heteroatoms. The lowest BCUT2D eigenvalue weighted by atomic mass is 10.1. The molecule has 0 N–H and O–H groups in total. The summed E-state index contributed by atoms with van der Waals surface area (Å²) < 4.78 is 13.1. The second kappa shape index (κ2) is 8.75. The Labute approximate surface area is 175 Å². The van der Waals surface area contributed by atoms with Crippen molar-refractivity contribution in [3.05, 3.63) is 100 Å². The zero-order chi connectivity index (χ0) is 20.2. The van der Waals surface area contributed by atoms with Crippen molar-refractivity contribution in [3.8, 4) is 0 Å². The van der Waals surface area contributed by atoms with Crippen LogP contribution in [0.2, 0.25) is 5.02 Å². The fraction of sp³-hybridized carbons (Fsp3) is 0.250. The maximum absolute atomic E-state index is 13.1. The quantitative estimate of drug-likeness (QED) is 0.568. The summed E-state index contributed by atoms with van der Waals surface area (Å²) >= 11 is 5.97. The van der Waals surface area contributed by atoms with Gasteiger partial charge in [0.05, 0.1) is 18.2 Å². The molecule has 148 valence electrons. The lowest BCUT2D eigenvalue weighted by Crippen LogP contribution is -2.32. The fourth-order valence-corrected chi connectivity index (χ4v) is 3.97. The van der Waals surface area contributed by atoms with Crippen molar-refractivity contribution < 1.29 is 9.18 Å². The van der Waals surface area contributed by atoms with Crippen LogP contribution in [0.3, 0.4) is 0 Å². The lowest BCUT2D eigenvalue weighted by Gasteiger charge is -2.25. The molecule has 1 unspecified atom stereocenters. The Hall–Kier alpha value is -2.72. The summed E-state index contributed by atoms with van der Waals surface area (Å²) in [5.41, 5.74) is 3.88. The number of rotatable bonds is 5. The highest BCUT2D eigenvalue weighted by Crippen LogP contribution is 2.31. The monoisotopic (exact) mass is 408 g/mol. The average molecular weight is 409 g/mol. The van der Waals surface area contributed by atoms with Crippen LogP contribution in [0.4, 0.5) is 4.39 Å². The third kappa shape index (κ3) is 4.83. The molecule has 1 aromatic heterocycles. The molecular formula is C24H22ClFN2O. The summed E-state index contributed by atoms with van der Waals surface area (Å²) in [5.74, 6) is -0.231. The van der Waals surface area contributed by atoms with Gasteiger partial charge in [-0.25, -0.2) is 4.39 Å². The number of hydrogen-bond acceptors (Lipinski definition) is 2. The maximum atomic E-state index is 13.1. The van der Waals surface area contributed by atoms with Gasteiger partial charge >= 0.3 is 0 Å². The van der Waals surface area contributed by atoms with E-state index in [1.807, 2.05) is 47.4 Å². The van der Waals surface area contributed by atoms with Crippen LogP contribution in [0, 0.1) is 5.82 Å². The molecule has 1 aliphatic rings. The molecule has 1 atom stereocenters. The average Bonchev–Trinajstić information content (AvgIpc) is 3.22. The van der Waals surface area contributed by atoms with Crippen LogP contribution in [0.1, 0.15) is 41.4 Å². The molecule has 1 aliphatic heterocycles. The van der Waals surface area contributed by atoms with Crippen molar-refractivity contribution >= 4 is 17.5 Å². The van der Waals surface area contributed by atoms with E-state index in [9.17, 15) is 9.18 Å². The number of pyridine rings is 1. The Balaban J connectivity index is 1.48. The van der Waals surface area contributed by atoms with E-state index in [0.29, 0.717) is 0 Å². The molecule has 0 aliphatic carbocycles. The smallest absolute Gasteiger partial charge is 0.227 e. The van der Waals surface area contributed by atoms with Gasteiger partial charge < -0.3 is 4.90 Å². The predicted molar refractivity (Wildman–Crippen MR) is 112 cm³/mol. The highest BCUT2D eigenvalue weighted by atomic mass is 35.5. The molecule has 29 heavy (non-hydrogen) atoms. The Bertz CT molecular complexity index is 989. The van der Waals surface area contributed by atoms with Crippen molar-refractivity contribution in [2.45, 2.75) is 31.7 Å². The molecule has 3 aromatic rings. The number of carbonyl (C=O) groups is 1. The first-order valence-electron chi connectivity index (χ1n) is 9.83. The summed E-state index contributed by atoms with van der Waals surface area (Å²) in [6.45, 7) is 0.730. The first kappa shape index (κ1) is 19.6. The second-order valence-electron chi connectivity index (χ2n) is 7.41. The third-order valence-electron chi connectivity index (χ3n) is 5.31. The van der Waals surface area contributed by atoms with Gasteiger partial charge in [-0.1, -0.05) is 41.9 Å². The van der Waals surface area contributed by atoms with Gasteiger partial charge in [0, 0.05) is 23.7 Å². The van der Waals surface area contributed by atoms with Crippen LogP contribution in [0.5, 0.6) is 0 Å². The number of halogens is 2. The molecule has 1 saturated heterocycles. The van der Waals surface area contributed by atoms with Gasteiger partial charge in [-0.05, 0) is 60.4 Å². The molecule has 2 heterocycles. The van der Waals surface area contributed by atoms with Gasteiger partial charge in [0.2, 0.25) is 5.91 Å².